The molecule has 1 heterocycles. The van der Waals surface area contributed by atoms with Gasteiger partial charge in [0.2, 0.25) is 0 Å². The molecule has 1 N–H and O–H groups in total. The third-order valence-electron chi connectivity index (χ3n) is 6.86. The highest BCUT2D eigenvalue weighted by atomic mass is 28.3. The smallest absolute Gasteiger partial charge is 0.333 e. The van der Waals surface area contributed by atoms with Crippen LogP contribution >= 0.6 is 0 Å². The Hall–Kier alpha value is -0.653. The summed E-state index contributed by atoms with van der Waals surface area (Å²) in [6.45, 7) is 12.0. The van der Waals surface area contributed by atoms with Crippen LogP contribution in [0.5, 0.6) is 0 Å². The molecule has 4 fully saturated rings. The Morgan fingerprint density at radius 2 is 2.16 bits per heavy atom. The number of esters is 1. The average molecular weight is 367 g/mol. The highest BCUT2D eigenvalue weighted by molar-refractivity contribution is 6.76. The molecule has 0 aromatic heterocycles. The Morgan fingerprint density at radius 3 is 2.80 bits per heavy atom. The number of ether oxygens (including phenoxy) is 2. The third kappa shape index (κ3) is 3.60. The monoisotopic (exact) mass is 366 g/mol. The van der Waals surface area contributed by atoms with Crippen molar-refractivity contribution in [1.29, 1.82) is 0 Å². The van der Waals surface area contributed by atoms with Gasteiger partial charge in [0.1, 0.15) is 0 Å². The second-order valence-corrected chi connectivity index (χ2v) is 15.5. The summed E-state index contributed by atoms with van der Waals surface area (Å²) in [5.41, 5.74) is 0.666. The van der Waals surface area contributed by atoms with E-state index >= 15 is 0 Å². The Morgan fingerprint density at radius 1 is 1.44 bits per heavy atom. The maximum Gasteiger partial charge on any atom is 0.333 e. The number of carbonyl (C=O) groups excluding carboxylic acids is 1. The fourth-order valence-corrected chi connectivity index (χ4v) is 5.92. The molecule has 0 aromatic rings. The number of fused-ring (bicyclic) bond motifs is 1. The van der Waals surface area contributed by atoms with Crippen LogP contribution < -0.4 is 0 Å². The fraction of sp³-hybridized carbons (Fsp3) is 0.850. The molecule has 4 bridgehead atoms. The normalized spacial score (nSPS) is 38.2. The van der Waals surface area contributed by atoms with Gasteiger partial charge in [0, 0.05) is 19.1 Å². The van der Waals surface area contributed by atoms with Crippen molar-refractivity contribution in [2.45, 2.75) is 76.9 Å². The number of aliphatic hydroxyl groups is 1. The fourth-order valence-electron chi connectivity index (χ4n) is 5.20. The highest BCUT2D eigenvalue weighted by Gasteiger charge is 2.69. The van der Waals surface area contributed by atoms with Crippen molar-refractivity contribution in [2.24, 2.45) is 17.3 Å². The van der Waals surface area contributed by atoms with Crippen molar-refractivity contribution < 1.29 is 19.4 Å². The molecule has 0 spiro atoms. The lowest BCUT2D eigenvalue weighted by Gasteiger charge is -2.59. The van der Waals surface area contributed by atoms with Gasteiger partial charge in [-0.2, -0.15) is 0 Å². The minimum absolute atomic E-state index is 0.0169. The van der Waals surface area contributed by atoms with Crippen LogP contribution in [0.25, 0.3) is 0 Å². The van der Waals surface area contributed by atoms with Crippen molar-refractivity contribution in [1.82, 2.24) is 0 Å². The van der Waals surface area contributed by atoms with Gasteiger partial charge in [-0.3, -0.25) is 0 Å². The molecule has 1 saturated heterocycles. The van der Waals surface area contributed by atoms with Crippen LogP contribution in [0.15, 0.2) is 11.6 Å². The van der Waals surface area contributed by atoms with E-state index in [0.717, 1.165) is 19.1 Å². The van der Waals surface area contributed by atoms with E-state index in [-0.39, 0.29) is 17.0 Å². The lowest BCUT2D eigenvalue weighted by Crippen LogP contribution is -2.58. The van der Waals surface area contributed by atoms with E-state index in [1.54, 1.807) is 13.0 Å². The minimum Gasteiger partial charge on any atom is -0.463 e. The van der Waals surface area contributed by atoms with Gasteiger partial charge in [0.15, 0.2) is 0 Å². The molecule has 4 rings (SSSR count). The van der Waals surface area contributed by atoms with Gasteiger partial charge in [-0.15, -0.1) is 0 Å². The molecule has 142 valence electrons. The van der Waals surface area contributed by atoms with Crippen molar-refractivity contribution >= 4 is 14.0 Å². The topological polar surface area (TPSA) is 55.8 Å². The van der Waals surface area contributed by atoms with Crippen molar-refractivity contribution in [2.75, 3.05) is 13.2 Å². The van der Waals surface area contributed by atoms with E-state index in [0.29, 0.717) is 30.4 Å². The first-order valence-electron chi connectivity index (χ1n) is 9.73. The molecule has 3 aliphatic carbocycles. The lowest BCUT2D eigenvalue weighted by atomic mass is 9.43. The van der Waals surface area contributed by atoms with Crippen LogP contribution in [0.1, 0.15) is 39.5 Å². The predicted octanol–water partition coefficient (Wildman–Crippen LogP) is 3.77. The highest BCUT2D eigenvalue weighted by Crippen LogP contribution is 2.70. The molecule has 0 unspecified atom stereocenters. The minimum atomic E-state index is -1.20. The molecule has 4 aliphatic rings. The SMILES string of the molecule is C/C(=C\[C@@H](O)C[C@]12CO[C@]3(C)CC[C@H]1C[C@H]23)C(=O)OCC[Si](C)(C)C. The molecular formula is C20H34O4Si. The van der Waals surface area contributed by atoms with E-state index in [4.69, 9.17) is 9.47 Å². The Labute approximate surface area is 153 Å². The summed E-state index contributed by atoms with van der Waals surface area (Å²) >= 11 is 0. The van der Waals surface area contributed by atoms with Gasteiger partial charge in [0.05, 0.1) is 24.9 Å². The first-order chi connectivity index (χ1) is 11.6. The molecule has 0 amide bonds. The van der Waals surface area contributed by atoms with Gasteiger partial charge < -0.3 is 14.6 Å². The summed E-state index contributed by atoms with van der Waals surface area (Å²) in [5.74, 6) is 0.960. The van der Waals surface area contributed by atoms with Crippen molar-refractivity contribution in [3.05, 3.63) is 11.6 Å². The van der Waals surface area contributed by atoms with Gasteiger partial charge >= 0.3 is 5.97 Å². The first kappa shape index (κ1) is 19.1. The number of rotatable bonds is 7. The summed E-state index contributed by atoms with van der Waals surface area (Å²) < 4.78 is 11.5. The Bertz CT molecular complexity index is 565. The number of hydrogen-bond donors (Lipinski definition) is 1. The van der Waals surface area contributed by atoms with Crippen molar-refractivity contribution in [3.8, 4) is 0 Å². The van der Waals surface area contributed by atoms with Gasteiger partial charge in [-0.25, -0.2) is 4.79 Å². The molecule has 1 aliphatic heterocycles. The zero-order valence-corrected chi connectivity index (χ0v) is 17.4. The second kappa shape index (κ2) is 6.50. The molecule has 25 heavy (non-hydrogen) atoms. The van der Waals surface area contributed by atoms with E-state index in [9.17, 15) is 9.90 Å². The maximum absolute atomic E-state index is 12.1. The van der Waals surface area contributed by atoms with Crippen LogP contribution in [0.4, 0.5) is 0 Å². The summed E-state index contributed by atoms with van der Waals surface area (Å²) in [6.07, 6.45) is 5.40. The van der Waals surface area contributed by atoms with E-state index in [1.807, 2.05) is 0 Å². The quantitative estimate of drug-likeness (QED) is 0.423. The van der Waals surface area contributed by atoms with Crippen molar-refractivity contribution in [3.63, 3.8) is 0 Å². The summed E-state index contributed by atoms with van der Waals surface area (Å²) in [7, 11) is -1.20. The largest absolute Gasteiger partial charge is 0.463 e. The summed E-state index contributed by atoms with van der Waals surface area (Å²) in [6, 6.07) is 0.969. The molecule has 0 radical (unpaired) electrons. The van der Waals surface area contributed by atoms with Crippen LogP contribution in [-0.4, -0.2) is 44.1 Å². The number of aliphatic hydroxyl groups excluding tert-OH is 1. The van der Waals surface area contributed by atoms with Gasteiger partial charge in [-0.1, -0.05) is 19.6 Å². The van der Waals surface area contributed by atoms with Crippen LogP contribution in [0.3, 0.4) is 0 Å². The molecule has 3 saturated carbocycles. The van der Waals surface area contributed by atoms with Gasteiger partial charge in [0.25, 0.3) is 0 Å². The van der Waals surface area contributed by atoms with Gasteiger partial charge in [-0.05, 0) is 63.5 Å². The predicted molar refractivity (Wildman–Crippen MR) is 101 cm³/mol. The third-order valence-corrected chi connectivity index (χ3v) is 8.57. The van der Waals surface area contributed by atoms with E-state index in [2.05, 4.69) is 26.6 Å². The molecule has 4 nitrogen and oxygen atoms in total. The Balaban J connectivity index is 1.54. The molecule has 0 aromatic carbocycles. The van der Waals surface area contributed by atoms with Crippen LogP contribution in [0, 0.1) is 17.3 Å². The first-order valence-corrected chi connectivity index (χ1v) is 13.4. The zero-order valence-electron chi connectivity index (χ0n) is 16.4. The number of carbonyl (C=O) groups is 1. The molecule has 5 heteroatoms. The van der Waals surface area contributed by atoms with E-state index in [1.165, 1.54) is 12.8 Å². The van der Waals surface area contributed by atoms with Crippen LogP contribution in [0.2, 0.25) is 25.7 Å². The summed E-state index contributed by atoms with van der Waals surface area (Å²) in [5, 5.41) is 10.6. The zero-order chi connectivity index (χ0) is 18.5. The lowest BCUT2D eigenvalue weighted by molar-refractivity contribution is -0.138. The average Bonchev–Trinajstić information content (AvgIpc) is 2.62. The maximum atomic E-state index is 12.1. The number of hydrogen-bond acceptors (Lipinski definition) is 4. The summed E-state index contributed by atoms with van der Waals surface area (Å²) in [4.78, 5) is 12.1. The second-order valence-electron chi connectivity index (χ2n) is 9.93. The van der Waals surface area contributed by atoms with Crippen LogP contribution in [-0.2, 0) is 14.3 Å². The Kier molecular flexibility index (Phi) is 4.97. The van der Waals surface area contributed by atoms with E-state index < -0.39 is 14.2 Å². The molecule has 5 atom stereocenters. The molecular weight excluding hydrogens is 332 g/mol. The standard InChI is InChI=1S/C20H34O4Si/c1-14(18(22)23-8-9-25(3,4)5)10-16(21)12-20-13-24-19(2)7-6-15(20)11-17(19)20/h10,15-17,21H,6-9,11-13H2,1-5H3/b14-10+/t15-,16+,17-,19+,20-/m0/s1.